The third-order valence-corrected chi connectivity index (χ3v) is 4.48. The summed E-state index contributed by atoms with van der Waals surface area (Å²) in [5.74, 6) is 0.637. The van der Waals surface area contributed by atoms with Crippen LogP contribution in [0.4, 0.5) is 4.79 Å². The van der Waals surface area contributed by atoms with Crippen molar-refractivity contribution in [2.45, 2.75) is 46.1 Å². The average Bonchev–Trinajstić information content (AvgIpc) is 2.61. The number of carbonyl (C=O) groups is 2. The molecule has 1 saturated heterocycles. The van der Waals surface area contributed by atoms with Gasteiger partial charge in [0.15, 0.2) is 6.10 Å². The van der Waals surface area contributed by atoms with E-state index in [9.17, 15) is 9.59 Å². The van der Waals surface area contributed by atoms with Crippen LogP contribution in [0.3, 0.4) is 0 Å². The SMILES string of the molecule is CCOC(=O)N1CCN(C(=O)C(C)Oc2cccc(C(C)(C)C)c2)CC1. The van der Waals surface area contributed by atoms with Crippen LogP contribution < -0.4 is 4.74 Å². The number of rotatable bonds is 4. The zero-order valence-electron chi connectivity index (χ0n) is 16.4. The zero-order chi connectivity index (χ0) is 19.3. The monoisotopic (exact) mass is 362 g/mol. The highest BCUT2D eigenvalue weighted by molar-refractivity contribution is 5.81. The third kappa shape index (κ3) is 5.13. The Bertz CT molecular complexity index is 631. The lowest BCUT2D eigenvalue weighted by Gasteiger charge is -2.35. The van der Waals surface area contributed by atoms with Gasteiger partial charge in [-0.15, -0.1) is 0 Å². The Kier molecular flexibility index (Phi) is 6.51. The van der Waals surface area contributed by atoms with Crippen molar-refractivity contribution in [2.24, 2.45) is 0 Å². The van der Waals surface area contributed by atoms with Gasteiger partial charge in [0, 0.05) is 26.2 Å². The van der Waals surface area contributed by atoms with Crippen LogP contribution in [0, 0.1) is 0 Å². The van der Waals surface area contributed by atoms with Crippen LogP contribution in [0.15, 0.2) is 24.3 Å². The van der Waals surface area contributed by atoms with Crippen molar-refractivity contribution in [3.05, 3.63) is 29.8 Å². The van der Waals surface area contributed by atoms with Gasteiger partial charge in [-0.3, -0.25) is 4.79 Å². The van der Waals surface area contributed by atoms with E-state index in [1.807, 2.05) is 18.2 Å². The van der Waals surface area contributed by atoms with Gasteiger partial charge in [-0.25, -0.2) is 4.79 Å². The summed E-state index contributed by atoms with van der Waals surface area (Å²) in [5.41, 5.74) is 1.19. The molecule has 1 aliphatic heterocycles. The average molecular weight is 362 g/mol. The Morgan fingerprint density at radius 1 is 1.12 bits per heavy atom. The molecule has 1 fully saturated rings. The molecular formula is C20H30N2O4. The molecule has 1 heterocycles. The standard InChI is InChI=1S/C20H30N2O4/c1-6-25-19(24)22-12-10-21(11-13-22)18(23)15(2)26-17-9-7-8-16(14-17)20(3,4)5/h7-9,14-15H,6,10-13H2,1-5H3. The zero-order valence-corrected chi connectivity index (χ0v) is 16.4. The molecule has 1 atom stereocenters. The predicted molar refractivity (Wildman–Crippen MR) is 100 cm³/mol. The summed E-state index contributed by atoms with van der Waals surface area (Å²) < 4.78 is 10.9. The van der Waals surface area contributed by atoms with E-state index in [2.05, 4.69) is 26.8 Å². The lowest BCUT2D eigenvalue weighted by atomic mass is 9.87. The predicted octanol–water partition coefficient (Wildman–Crippen LogP) is 3.05. The molecule has 0 bridgehead atoms. The summed E-state index contributed by atoms with van der Waals surface area (Å²) in [5, 5.41) is 0. The van der Waals surface area contributed by atoms with Crippen LogP contribution >= 0.6 is 0 Å². The van der Waals surface area contributed by atoms with Crippen LogP contribution in [0.1, 0.15) is 40.2 Å². The van der Waals surface area contributed by atoms with Gasteiger partial charge in [0.05, 0.1) is 6.61 Å². The molecule has 26 heavy (non-hydrogen) atoms. The third-order valence-electron chi connectivity index (χ3n) is 4.48. The van der Waals surface area contributed by atoms with Crippen molar-refractivity contribution >= 4 is 12.0 Å². The summed E-state index contributed by atoms with van der Waals surface area (Å²) in [6.07, 6.45) is -0.887. The van der Waals surface area contributed by atoms with Crippen LogP contribution in [0.25, 0.3) is 0 Å². The van der Waals surface area contributed by atoms with E-state index >= 15 is 0 Å². The molecule has 0 aliphatic carbocycles. The van der Waals surface area contributed by atoms with Crippen molar-refractivity contribution in [1.29, 1.82) is 0 Å². The second-order valence-electron chi connectivity index (χ2n) is 7.55. The quantitative estimate of drug-likeness (QED) is 0.826. The maximum atomic E-state index is 12.7. The minimum absolute atomic E-state index is 0.0239. The van der Waals surface area contributed by atoms with E-state index in [-0.39, 0.29) is 17.4 Å². The number of carbonyl (C=O) groups excluding carboxylic acids is 2. The van der Waals surface area contributed by atoms with Crippen LogP contribution in [-0.4, -0.2) is 60.7 Å². The maximum absolute atomic E-state index is 12.7. The fraction of sp³-hybridized carbons (Fsp3) is 0.600. The first-order valence-electron chi connectivity index (χ1n) is 9.20. The molecular weight excluding hydrogens is 332 g/mol. The topological polar surface area (TPSA) is 59.1 Å². The van der Waals surface area contributed by atoms with E-state index in [0.29, 0.717) is 38.5 Å². The van der Waals surface area contributed by atoms with Crippen LogP contribution in [0.5, 0.6) is 5.75 Å². The molecule has 0 radical (unpaired) electrons. The van der Waals surface area contributed by atoms with E-state index in [4.69, 9.17) is 9.47 Å². The van der Waals surface area contributed by atoms with Crippen molar-refractivity contribution in [3.8, 4) is 5.75 Å². The van der Waals surface area contributed by atoms with Gasteiger partial charge >= 0.3 is 6.09 Å². The highest BCUT2D eigenvalue weighted by atomic mass is 16.6. The molecule has 0 saturated carbocycles. The number of amides is 2. The number of benzene rings is 1. The molecule has 1 aromatic rings. The van der Waals surface area contributed by atoms with Gasteiger partial charge in [0.2, 0.25) is 0 Å². The number of nitrogens with zero attached hydrogens (tertiary/aromatic N) is 2. The normalized spacial score (nSPS) is 16.2. The van der Waals surface area contributed by atoms with Crippen molar-refractivity contribution in [1.82, 2.24) is 9.80 Å². The molecule has 6 heteroatoms. The molecule has 1 unspecified atom stereocenters. The maximum Gasteiger partial charge on any atom is 0.409 e. The van der Waals surface area contributed by atoms with E-state index in [0.717, 1.165) is 5.56 Å². The van der Waals surface area contributed by atoms with Gasteiger partial charge in [0.25, 0.3) is 5.91 Å². The molecule has 144 valence electrons. The molecule has 2 amide bonds. The van der Waals surface area contributed by atoms with E-state index in [1.54, 1.807) is 23.6 Å². The lowest BCUT2D eigenvalue weighted by Crippen LogP contribution is -2.53. The number of piperazine rings is 1. The minimum atomic E-state index is -0.570. The Morgan fingerprint density at radius 2 is 1.73 bits per heavy atom. The van der Waals surface area contributed by atoms with Gasteiger partial charge in [-0.1, -0.05) is 32.9 Å². The second kappa shape index (κ2) is 8.43. The van der Waals surface area contributed by atoms with Gasteiger partial charge < -0.3 is 19.3 Å². The molecule has 1 aromatic carbocycles. The van der Waals surface area contributed by atoms with Crippen LogP contribution in [-0.2, 0) is 14.9 Å². The van der Waals surface area contributed by atoms with Crippen molar-refractivity contribution in [3.63, 3.8) is 0 Å². The fourth-order valence-corrected chi connectivity index (χ4v) is 2.87. The van der Waals surface area contributed by atoms with Gasteiger partial charge in [-0.05, 0) is 37.0 Å². The first-order valence-corrected chi connectivity index (χ1v) is 9.20. The Morgan fingerprint density at radius 3 is 2.31 bits per heavy atom. The number of hydrogen-bond donors (Lipinski definition) is 0. The largest absolute Gasteiger partial charge is 0.481 e. The number of ether oxygens (including phenoxy) is 2. The van der Waals surface area contributed by atoms with Gasteiger partial charge in [0.1, 0.15) is 5.75 Å². The molecule has 1 aliphatic rings. The molecule has 2 rings (SSSR count). The van der Waals surface area contributed by atoms with E-state index < -0.39 is 6.10 Å². The highest BCUT2D eigenvalue weighted by Gasteiger charge is 2.28. The molecule has 0 aromatic heterocycles. The smallest absolute Gasteiger partial charge is 0.409 e. The summed E-state index contributed by atoms with van der Waals surface area (Å²) in [6.45, 7) is 12.3. The first kappa shape index (κ1) is 20.1. The summed E-state index contributed by atoms with van der Waals surface area (Å²) >= 11 is 0. The van der Waals surface area contributed by atoms with Crippen LogP contribution in [0.2, 0.25) is 0 Å². The Hall–Kier alpha value is -2.24. The first-order chi connectivity index (χ1) is 12.2. The lowest BCUT2D eigenvalue weighted by molar-refractivity contribution is -0.139. The minimum Gasteiger partial charge on any atom is -0.481 e. The Balaban J connectivity index is 1.91. The summed E-state index contributed by atoms with van der Waals surface area (Å²) in [7, 11) is 0. The highest BCUT2D eigenvalue weighted by Crippen LogP contribution is 2.26. The molecule has 6 nitrogen and oxygen atoms in total. The van der Waals surface area contributed by atoms with Crippen molar-refractivity contribution in [2.75, 3.05) is 32.8 Å². The van der Waals surface area contributed by atoms with Gasteiger partial charge in [-0.2, -0.15) is 0 Å². The van der Waals surface area contributed by atoms with Crippen molar-refractivity contribution < 1.29 is 19.1 Å². The molecule has 0 spiro atoms. The number of hydrogen-bond acceptors (Lipinski definition) is 4. The summed E-state index contributed by atoms with van der Waals surface area (Å²) in [4.78, 5) is 27.8. The second-order valence-corrected chi connectivity index (χ2v) is 7.55. The molecule has 0 N–H and O–H groups in total. The van der Waals surface area contributed by atoms with E-state index in [1.165, 1.54) is 0 Å². The summed E-state index contributed by atoms with van der Waals surface area (Å²) in [6, 6.07) is 7.87. The fourth-order valence-electron chi connectivity index (χ4n) is 2.87. The Labute approximate surface area is 156 Å².